The summed E-state index contributed by atoms with van der Waals surface area (Å²) in [5.74, 6) is -0.289. The molecule has 1 aliphatic rings. The van der Waals surface area contributed by atoms with Crippen LogP contribution in [0.4, 0.5) is 0 Å². The Hall–Kier alpha value is -2.16. The highest BCUT2D eigenvalue weighted by Gasteiger charge is 2.26. The second-order valence-corrected chi connectivity index (χ2v) is 4.30. The van der Waals surface area contributed by atoms with E-state index in [9.17, 15) is 9.59 Å². The Morgan fingerprint density at radius 1 is 1.22 bits per heavy atom. The van der Waals surface area contributed by atoms with E-state index >= 15 is 0 Å². The molecule has 1 aromatic carbocycles. The zero-order chi connectivity index (χ0) is 13.1. The van der Waals surface area contributed by atoms with Crippen LogP contribution >= 0.6 is 0 Å². The second-order valence-electron chi connectivity index (χ2n) is 4.30. The number of allylic oxidation sites excluding steroid dienone is 2. The molecule has 2 rings (SSSR count). The number of fused-ring (bicyclic) bond motifs is 1. The number of Topliss-reactive ketones (excluding diaryl/α,β-unsaturated/α-hetero) is 1. The summed E-state index contributed by atoms with van der Waals surface area (Å²) in [6.45, 7) is 6.01. The van der Waals surface area contributed by atoms with Crippen molar-refractivity contribution in [3.8, 4) is 0 Å². The van der Waals surface area contributed by atoms with Crippen molar-refractivity contribution in [2.24, 2.45) is 0 Å². The Bertz CT molecular complexity index is 553. The van der Waals surface area contributed by atoms with Gasteiger partial charge in [0, 0.05) is 23.6 Å². The maximum absolute atomic E-state index is 12.1. The topological polar surface area (TPSA) is 43.4 Å². The summed E-state index contributed by atoms with van der Waals surface area (Å²) in [5.41, 5.74) is 1.83. The lowest BCUT2D eigenvalue weighted by atomic mass is 9.94. The summed E-state index contributed by atoms with van der Waals surface area (Å²) in [6, 6.07) is 6.77. The zero-order valence-electron chi connectivity index (χ0n) is 10.2. The molecule has 92 valence electrons. The molecule has 0 saturated heterocycles. The van der Waals surface area contributed by atoms with E-state index in [0.29, 0.717) is 24.2 Å². The van der Waals surface area contributed by atoms with Gasteiger partial charge in [-0.2, -0.15) is 0 Å². The Balaban J connectivity index is 2.18. The molecule has 0 atom stereocenters. The van der Waals surface area contributed by atoms with Crippen molar-refractivity contribution in [3.05, 3.63) is 59.4 Å². The quantitative estimate of drug-likeness (QED) is 0.762. The lowest BCUT2D eigenvalue weighted by Gasteiger charge is -2.15. The van der Waals surface area contributed by atoms with Gasteiger partial charge >= 0.3 is 0 Å². The number of hydrogen-bond donors (Lipinski definition) is 0. The van der Waals surface area contributed by atoms with Crippen LogP contribution in [0.5, 0.6) is 0 Å². The van der Waals surface area contributed by atoms with Crippen LogP contribution in [0.2, 0.25) is 0 Å². The van der Waals surface area contributed by atoms with Gasteiger partial charge < -0.3 is 4.74 Å². The summed E-state index contributed by atoms with van der Waals surface area (Å²) < 4.78 is 5.36. The number of carbonyl (C=O) groups excluding carboxylic acids is 2. The van der Waals surface area contributed by atoms with E-state index in [1.807, 2.05) is 6.92 Å². The first-order chi connectivity index (χ1) is 8.59. The van der Waals surface area contributed by atoms with E-state index in [4.69, 9.17) is 4.74 Å². The van der Waals surface area contributed by atoms with E-state index in [1.165, 1.54) is 6.08 Å². The van der Waals surface area contributed by atoms with Gasteiger partial charge in [0.05, 0.1) is 6.61 Å². The summed E-state index contributed by atoms with van der Waals surface area (Å²) in [4.78, 5) is 23.9. The Morgan fingerprint density at radius 2 is 1.89 bits per heavy atom. The first-order valence-electron chi connectivity index (χ1n) is 5.76. The molecular weight excluding hydrogens is 228 g/mol. The van der Waals surface area contributed by atoms with Crippen molar-refractivity contribution in [1.82, 2.24) is 0 Å². The van der Waals surface area contributed by atoms with Gasteiger partial charge in [-0.3, -0.25) is 9.59 Å². The molecular formula is C15H14O3. The monoisotopic (exact) mass is 242 g/mol. The molecule has 0 saturated carbocycles. The molecule has 0 fully saturated rings. The van der Waals surface area contributed by atoms with Gasteiger partial charge in [0.1, 0.15) is 0 Å². The van der Waals surface area contributed by atoms with Crippen LogP contribution in [0.15, 0.2) is 48.3 Å². The largest absolute Gasteiger partial charge is 0.489 e. The van der Waals surface area contributed by atoms with Crippen molar-refractivity contribution in [2.45, 2.75) is 13.3 Å². The summed E-state index contributed by atoms with van der Waals surface area (Å²) in [5, 5.41) is 0. The summed E-state index contributed by atoms with van der Waals surface area (Å²) in [6.07, 6.45) is 1.93. The fraction of sp³-hybridized carbons (Fsp3) is 0.200. The van der Waals surface area contributed by atoms with E-state index in [0.717, 1.165) is 5.57 Å². The predicted octanol–water partition coefficient (Wildman–Crippen LogP) is 2.93. The molecule has 0 N–H and O–H groups in total. The SMILES string of the molecule is C=C(C)CCOC1=CC(=O)c2ccccc2C1=O. The van der Waals surface area contributed by atoms with E-state index in [-0.39, 0.29) is 17.3 Å². The highest BCUT2D eigenvalue weighted by atomic mass is 16.5. The number of ether oxygens (including phenoxy) is 1. The Kier molecular flexibility index (Phi) is 3.42. The second kappa shape index (κ2) is 5.00. The molecule has 0 spiro atoms. The minimum atomic E-state index is -0.230. The van der Waals surface area contributed by atoms with Gasteiger partial charge in [-0.05, 0) is 6.92 Å². The summed E-state index contributed by atoms with van der Waals surface area (Å²) in [7, 11) is 0. The maximum atomic E-state index is 12.1. The van der Waals surface area contributed by atoms with Gasteiger partial charge in [0.2, 0.25) is 5.78 Å². The van der Waals surface area contributed by atoms with Crippen LogP contribution in [-0.4, -0.2) is 18.2 Å². The Labute approximate surface area is 106 Å². The van der Waals surface area contributed by atoms with E-state index in [2.05, 4.69) is 6.58 Å². The number of benzene rings is 1. The van der Waals surface area contributed by atoms with Gasteiger partial charge in [0.25, 0.3) is 0 Å². The van der Waals surface area contributed by atoms with Crippen molar-refractivity contribution >= 4 is 11.6 Å². The zero-order valence-corrected chi connectivity index (χ0v) is 10.2. The molecule has 1 aliphatic carbocycles. The van der Waals surface area contributed by atoms with Crippen molar-refractivity contribution in [2.75, 3.05) is 6.61 Å². The van der Waals surface area contributed by atoms with Crippen LogP contribution in [0, 0.1) is 0 Å². The average Bonchev–Trinajstić information content (AvgIpc) is 2.35. The minimum Gasteiger partial charge on any atom is -0.489 e. The molecule has 18 heavy (non-hydrogen) atoms. The lowest BCUT2D eigenvalue weighted by molar-refractivity contribution is 0.0885. The van der Waals surface area contributed by atoms with Crippen LogP contribution in [0.1, 0.15) is 34.1 Å². The molecule has 0 aliphatic heterocycles. The lowest BCUT2D eigenvalue weighted by Crippen LogP contribution is -2.18. The van der Waals surface area contributed by atoms with Crippen molar-refractivity contribution in [1.29, 1.82) is 0 Å². The molecule has 0 aromatic heterocycles. The Morgan fingerprint density at radius 3 is 2.56 bits per heavy atom. The van der Waals surface area contributed by atoms with Gasteiger partial charge in [-0.1, -0.05) is 29.8 Å². The van der Waals surface area contributed by atoms with Crippen LogP contribution < -0.4 is 0 Å². The van der Waals surface area contributed by atoms with E-state index in [1.54, 1.807) is 24.3 Å². The third-order valence-corrected chi connectivity index (χ3v) is 2.71. The molecule has 0 radical (unpaired) electrons. The van der Waals surface area contributed by atoms with Crippen LogP contribution in [-0.2, 0) is 4.74 Å². The molecule has 0 heterocycles. The predicted molar refractivity (Wildman–Crippen MR) is 68.6 cm³/mol. The average molecular weight is 242 g/mol. The number of carbonyl (C=O) groups is 2. The molecule has 0 unspecified atom stereocenters. The van der Waals surface area contributed by atoms with Gasteiger partial charge in [0.15, 0.2) is 11.5 Å². The van der Waals surface area contributed by atoms with Gasteiger partial charge in [-0.25, -0.2) is 0 Å². The van der Waals surface area contributed by atoms with Gasteiger partial charge in [-0.15, -0.1) is 6.58 Å². The fourth-order valence-corrected chi connectivity index (χ4v) is 1.73. The van der Waals surface area contributed by atoms with E-state index < -0.39 is 0 Å². The maximum Gasteiger partial charge on any atom is 0.228 e. The summed E-state index contributed by atoms with van der Waals surface area (Å²) >= 11 is 0. The first kappa shape index (κ1) is 12.3. The standard InChI is InChI=1S/C15H14O3/c1-10(2)7-8-18-14-9-13(16)11-5-3-4-6-12(11)15(14)17/h3-6,9H,1,7-8H2,2H3. The molecule has 0 amide bonds. The minimum absolute atomic E-state index is 0.125. The number of hydrogen-bond acceptors (Lipinski definition) is 3. The third-order valence-electron chi connectivity index (χ3n) is 2.71. The van der Waals surface area contributed by atoms with Crippen molar-refractivity contribution < 1.29 is 14.3 Å². The normalized spacial score (nSPS) is 13.9. The molecule has 0 bridgehead atoms. The third kappa shape index (κ3) is 2.40. The molecule has 3 nitrogen and oxygen atoms in total. The molecule has 3 heteroatoms. The van der Waals surface area contributed by atoms with Crippen molar-refractivity contribution in [3.63, 3.8) is 0 Å². The smallest absolute Gasteiger partial charge is 0.228 e. The highest BCUT2D eigenvalue weighted by molar-refractivity contribution is 6.23. The molecule has 1 aromatic rings. The van der Waals surface area contributed by atoms with Crippen LogP contribution in [0.3, 0.4) is 0 Å². The number of rotatable bonds is 4. The van der Waals surface area contributed by atoms with Crippen LogP contribution in [0.25, 0.3) is 0 Å². The first-order valence-corrected chi connectivity index (χ1v) is 5.76. The fourth-order valence-electron chi connectivity index (χ4n) is 1.73. The number of ketones is 2. The highest BCUT2D eigenvalue weighted by Crippen LogP contribution is 2.21.